The quantitative estimate of drug-likeness (QED) is 0.642. The van der Waals surface area contributed by atoms with Gasteiger partial charge in [-0.05, 0) is 12.8 Å². The minimum atomic E-state index is 0.505. The normalized spacial score (nSPS) is 24.4. The van der Waals surface area contributed by atoms with Gasteiger partial charge in [0.1, 0.15) is 0 Å². The van der Waals surface area contributed by atoms with Crippen molar-refractivity contribution in [2.45, 2.75) is 22.7 Å². The van der Waals surface area contributed by atoms with Crippen molar-refractivity contribution in [3.8, 4) is 0 Å². The van der Waals surface area contributed by atoms with Gasteiger partial charge in [0.25, 0.3) is 0 Å². The van der Waals surface area contributed by atoms with Crippen molar-refractivity contribution in [2.24, 2.45) is 0 Å². The molecule has 0 amide bonds. The van der Waals surface area contributed by atoms with E-state index in [2.05, 4.69) is 5.32 Å². The Balaban J connectivity index is 2.00. The number of anilines is 1. The van der Waals surface area contributed by atoms with E-state index in [-0.39, 0.29) is 0 Å². The fourth-order valence-electron chi connectivity index (χ4n) is 1.41. The summed E-state index contributed by atoms with van der Waals surface area (Å²) in [5.74, 6) is 0. The molecule has 58 valence electrons. The van der Waals surface area contributed by atoms with E-state index >= 15 is 0 Å². The molecule has 3 rings (SSSR count). The maximum absolute atomic E-state index is 5.33. The lowest BCUT2D eigenvalue weighted by Gasteiger charge is -2.20. The molecule has 0 atom stereocenters. The maximum atomic E-state index is 5.33. The molecule has 0 aromatic carbocycles. The molecular formula is C8H9NOS. The third-order valence-corrected chi connectivity index (χ3v) is 3.83. The summed E-state index contributed by atoms with van der Waals surface area (Å²) in [6.07, 6.45) is 4.43. The van der Waals surface area contributed by atoms with Gasteiger partial charge in [-0.3, -0.25) is 0 Å². The third kappa shape index (κ3) is 0.805. The van der Waals surface area contributed by atoms with Crippen molar-refractivity contribution in [3.63, 3.8) is 0 Å². The molecule has 0 saturated heterocycles. The van der Waals surface area contributed by atoms with Crippen molar-refractivity contribution in [1.29, 1.82) is 0 Å². The monoisotopic (exact) mass is 167 g/mol. The van der Waals surface area contributed by atoms with Crippen LogP contribution in [0.1, 0.15) is 12.8 Å². The van der Waals surface area contributed by atoms with E-state index in [0.717, 1.165) is 11.6 Å². The van der Waals surface area contributed by atoms with Crippen molar-refractivity contribution in [2.75, 3.05) is 11.9 Å². The first-order chi connectivity index (χ1) is 5.38. The van der Waals surface area contributed by atoms with Gasteiger partial charge in [-0.25, -0.2) is 0 Å². The van der Waals surface area contributed by atoms with E-state index in [1.165, 1.54) is 18.5 Å². The van der Waals surface area contributed by atoms with Crippen molar-refractivity contribution in [1.82, 2.24) is 0 Å². The number of nitrogens with one attached hydrogen (secondary N) is 1. The third-order valence-electron chi connectivity index (χ3n) is 2.35. The second-order valence-electron chi connectivity index (χ2n) is 3.26. The molecule has 3 heteroatoms. The second kappa shape index (κ2) is 1.78. The lowest BCUT2D eigenvalue weighted by atomic mass is 10.4. The predicted octanol–water partition coefficient (Wildman–Crippen LogP) is 2.33. The Hall–Kier alpha value is -0.570. The fraction of sp³-hybridized carbons (Fsp3) is 0.500. The molecule has 1 aliphatic carbocycles. The highest BCUT2D eigenvalue weighted by molar-refractivity contribution is 8.01. The van der Waals surface area contributed by atoms with E-state index in [0.29, 0.717) is 4.75 Å². The number of hydrogen-bond acceptors (Lipinski definition) is 3. The molecular weight excluding hydrogens is 158 g/mol. The molecule has 2 aliphatic rings. The lowest BCUT2D eigenvalue weighted by Crippen LogP contribution is -2.21. The Labute approximate surface area is 69.3 Å². The summed E-state index contributed by atoms with van der Waals surface area (Å²) < 4.78 is 5.84. The summed E-state index contributed by atoms with van der Waals surface area (Å²) in [5.41, 5.74) is 1.17. The number of fused-ring (bicyclic) bond motifs is 1. The number of thioether (sulfide) groups is 1. The van der Waals surface area contributed by atoms with E-state index in [4.69, 9.17) is 4.42 Å². The molecule has 1 fully saturated rings. The summed E-state index contributed by atoms with van der Waals surface area (Å²) in [4.78, 5) is 0. The molecule has 1 spiro atoms. The van der Waals surface area contributed by atoms with Crippen LogP contribution in [-0.2, 0) is 0 Å². The van der Waals surface area contributed by atoms with Gasteiger partial charge in [0.2, 0.25) is 0 Å². The van der Waals surface area contributed by atoms with E-state index in [9.17, 15) is 0 Å². The largest absolute Gasteiger partial charge is 0.456 e. The summed E-state index contributed by atoms with van der Waals surface area (Å²) in [7, 11) is 0. The average Bonchev–Trinajstić information content (AvgIpc) is 2.63. The molecule has 0 bridgehead atoms. The van der Waals surface area contributed by atoms with Crippen LogP contribution in [0.4, 0.5) is 5.69 Å². The summed E-state index contributed by atoms with van der Waals surface area (Å²) in [5, 5.41) is 4.46. The molecule has 1 saturated carbocycles. The zero-order chi connectivity index (χ0) is 7.31. The molecule has 11 heavy (non-hydrogen) atoms. The maximum Gasteiger partial charge on any atom is 0.183 e. The summed E-state index contributed by atoms with van der Waals surface area (Å²) in [6, 6.07) is 2.00. The highest BCUT2D eigenvalue weighted by Crippen LogP contribution is 2.55. The Bertz CT molecular complexity index is 290. The van der Waals surface area contributed by atoms with Gasteiger partial charge in [-0.1, -0.05) is 11.8 Å². The molecule has 0 unspecified atom stereocenters. The SMILES string of the molecule is c1cc2c(o1)SC1(CC1)CN2. The van der Waals surface area contributed by atoms with Gasteiger partial charge in [-0.15, -0.1) is 0 Å². The minimum Gasteiger partial charge on any atom is -0.456 e. The molecule has 0 radical (unpaired) electrons. The van der Waals surface area contributed by atoms with Crippen LogP contribution in [-0.4, -0.2) is 11.3 Å². The van der Waals surface area contributed by atoms with Crippen molar-refractivity contribution in [3.05, 3.63) is 12.3 Å². The van der Waals surface area contributed by atoms with E-state index < -0.39 is 0 Å². The van der Waals surface area contributed by atoms with Crippen LogP contribution in [0.3, 0.4) is 0 Å². The molecule has 2 nitrogen and oxygen atoms in total. The Morgan fingerprint density at radius 3 is 3.27 bits per heavy atom. The van der Waals surface area contributed by atoms with E-state index in [1.807, 2.05) is 17.8 Å². The van der Waals surface area contributed by atoms with Gasteiger partial charge in [0, 0.05) is 17.4 Å². The predicted molar refractivity (Wildman–Crippen MR) is 45.0 cm³/mol. The smallest absolute Gasteiger partial charge is 0.183 e. The van der Waals surface area contributed by atoms with Crippen LogP contribution in [0.25, 0.3) is 0 Å². The molecule has 1 N–H and O–H groups in total. The topological polar surface area (TPSA) is 25.2 Å². The summed E-state index contributed by atoms with van der Waals surface area (Å²) >= 11 is 1.90. The van der Waals surface area contributed by atoms with Crippen LogP contribution in [0.2, 0.25) is 0 Å². The Morgan fingerprint density at radius 2 is 2.45 bits per heavy atom. The number of furan rings is 1. The second-order valence-corrected chi connectivity index (χ2v) is 4.70. The van der Waals surface area contributed by atoms with Gasteiger partial charge >= 0.3 is 0 Å². The number of rotatable bonds is 0. The highest BCUT2D eigenvalue weighted by Gasteiger charge is 2.47. The average molecular weight is 167 g/mol. The standard InChI is InChI=1S/C8H9NOS/c1-4-10-7-6(1)9-5-8(11-7)2-3-8/h1,4,9H,2-3,5H2. The molecule has 1 aromatic heterocycles. The Morgan fingerprint density at radius 1 is 1.55 bits per heavy atom. The summed E-state index contributed by atoms with van der Waals surface area (Å²) in [6.45, 7) is 1.12. The minimum absolute atomic E-state index is 0.505. The first-order valence-corrected chi connectivity index (χ1v) is 4.70. The molecule has 1 aromatic rings. The van der Waals surface area contributed by atoms with Crippen LogP contribution >= 0.6 is 11.8 Å². The zero-order valence-corrected chi connectivity index (χ0v) is 6.91. The first kappa shape index (κ1) is 6.00. The fourth-order valence-corrected chi connectivity index (χ4v) is 2.61. The highest BCUT2D eigenvalue weighted by atomic mass is 32.2. The molecule has 1 aliphatic heterocycles. The van der Waals surface area contributed by atoms with Gasteiger partial charge in [0.05, 0.1) is 12.0 Å². The van der Waals surface area contributed by atoms with Crippen molar-refractivity contribution >= 4 is 17.4 Å². The van der Waals surface area contributed by atoms with Crippen LogP contribution in [0.5, 0.6) is 0 Å². The van der Waals surface area contributed by atoms with Gasteiger partial charge in [0.15, 0.2) is 5.09 Å². The van der Waals surface area contributed by atoms with Crippen LogP contribution in [0.15, 0.2) is 21.8 Å². The Kier molecular flexibility index (Phi) is 0.969. The lowest BCUT2D eigenvalue weighted by molar-refractivity contribution is 0.472. The zero-order valence-electron chi connectivity index (χ0n) is 6.09. The van der Waals surface area contributed by atoms with Crippen LogP contribution < -0.4 is 5.32 Å². The number of hydrogen-bond donors (Lipinski definition) is 1. The van der Waals surface area contributed by atoms with E-state index in [1.54, 1.807) is 6.26 Å². The van der Waals surface area contributed by atoms with Gasteiger partial charge in [-0.2, -0.15) is 0 Å². The van der Waals surface area contributed by atoms with Gasteiger partial charge < -0.3 is 9.73 Å². The van der Waals surface area contributed by atoms with Crippen LogP contribution in [0, 0.1) is 0 Å². The first-order valence-electron chi connectivity index (χ1n) is 3.88. The molecule has 2 heterocycles. The van der Waals surface area contributed by atoms with Crippen molar-refractivity contribution < 1.29 is 4.42 Å².